The van der Waals surface area contributed by atoms with Crippen LogP contribution in [0.2, 0.25) is 5.15 Å². The van der Waals surface area contributed by atoms with Crippen LogP contribution in [0.3, 0.4) is 0 Å². The summed E-state index contributed by atoms with van der Waals surface area (Å²) in [7, 11) is 3.96. The fourth-order valence-corrected chi connectivity index (χ4v) is 2.31. The van der Waals surface area contributed by atoms with Crippen molar-refractivity contribution in [3.8, 4) is 0 Å². The number of pyridine rings is 2. The quantitative estimate of drug-likeness (QED) is 0.271. The molecule has 2 aromatic heterocycles. The molecule has 8 heteroatoms. The monoisotopic (exact) mass is 488 g/mol. The minimum atomic E-state index is 0. The zero-order valence-electron chi connectivity index (χ0n) is 15.4. The number of aromatic nitrogens is 2. The third-order valence-corrected chi connectivity index (χ3v) is 3.75. The Morgan fingerprint density at radius 3 is 2.62 bits per heavy atom. The Morgan fingerprint density at radius 2 is 1.96 bits per heavy atom. The molecule has 0 atom stereocenters. The molecule has 0 saturated carbocycles. The number of anilines is 1. The van der Waals surface area contributed by atoms with Crippen LogP contribution in [0.1, 0.15) is 18.1 Å². The van der Waals surface area contributed by atoms with Gasteiger partial charge >= 0.3 is 0 Å². The lowest BCUT2D eigenvalue weighted by atomic mass is 10.2. The highest BCUT2D eigenvalue weighted by Crippen LogP contribution is 2.10. The minimum Gasteiger partial charge on any atom is -0.363 e. The lowest BCUT2D eigenvalue weighted by molar-refractivity contribution is 0.797. The van der Waals surface area contributed by atoms with Crippen LogP contribution in [0.15, 0.2) is 41.7 Å². The van der Waals surface area contributed by atoms with E-state index in [0.717, 1.165) is 42.4 Å². The normalized spacial score (nSPS) is 10.8. The number of hydrogen-bond acceptors (Lipinski definition) is 4. The third kappa shape index (κ3) is 7.74. The maximum atomic E-state index is 5.80. The number of nitrogens with zero attached hydrogens (tertiary/aromatic N) is 4. The molecule has 26 heavy (non-hydrogen) atoms. The molecule has 0 radical (unpaired) electrons. The van der Waals surface area contributed by atoms with Crippen molar-refractivity contribution in [1.29, 1.82) is 0 Å². The number of guanidine groups is 1. The molecule has 2 heterocycles. The van der Waals surface area contributed by atoms with Gasteiger partial charge in [-0.25, -0.2) is 15.0 Å². The predicted molar refractivity (Wildman–Crippen MR) is 120 cm³/mol. The standard InChI is InChI=1S/C18H25ClN6.HI/c1-4-20-18(22-10-7-14-5-6-16(19)23-12-14)24-13-15-8-9-21-17(11-15)25(2)3;/h5-6,8-9,11-12H,4,7,10,13H2,1-3H3,(H2,20,22,24);1H. The van der Waals surface area contributed by atoms with Crippen LogP contribution in [0.4, 0.5) is 5.82 Å². The van der Waals surface area contributed by atoms with E-state index in [-0.39, 0.29) is 24.0 Å². The van der Waals surface area contributed by atoms with Crippen LogP contribution in [-0.2, 0) is 13.0 Å². The predicted octanol–water partition coefficient (Wildman–Crippen LogP) is 3.11. The summed E-state index contributed by atoms with van der Waals surface area (Å²) in [5.41, 5.74) is 2.26. The lowest BCUT2D eigenvalue weighted by Gasteiger charge is -2.13. The van der Waals surface area contributed by atoms with Gasteiger partial charge in [0.1, 0.15) is 11.0 Å². The van der Waals surface area contributed by atoms with E-state index >= 15 is 0 Å². The highest BCUT2D eigenvalue weighted by Gasteiger charge is 2.01. The molecule has 0 unspecified atom stereocenters. The second-order valence-corrected chi connectivity index (χ2v) is 6.17. The molecule has 0 aliphatic heterocycles. The molecule has 0 aliphatic carbocycles. The van der Waals surface area contributed by atoms with Gasteiger partial charge in [0.05, 0.1) is 6.54 Å². The highest BCUT2D eigenvalue weighted by atomic mass is 127. The van der Waals surface area contributed by atoms with Crippen LogP contribution in [0, 0.1) is 0 Å². The van der Waals surface area contributed by atoms with Crippen LogP contribution in [0.5, 0.6) is 0 Å². The molecule has 0 aromatic carbocycles. The minimum absolute atomic E-state index is 0. The summed E-state index contributed by atoms with van der Waals surface area (Å²) in [6, 6.07) is 7.83. The van der Waals surface area contributed by atoms with E-state index in [1.807, 2.05) is 49.5 Å². The Balaban J connectivity index is 0.00000338. The SMILES string of the molecule is CCNC(=NCc1ccnc(N(C)C)c1)NCCc1ccc(Cl)nc1.I. The summed E-state index contributed by atoms with van der Waals surface area (Å²) in [6.45, 7) is 4.24. The fraction of sp³-hybridized carbons (Fsp3) is 0.389. The van der Waals surface area contributed by atoms with Crippen molar-refractivity contribution in [1.82, 2.24) is 20.6 Å². The van der Waals surface area contributed by atoms with E-state index in [4.69, 9.17) is 11.6 Å². The second-order valence-electron chi connectivity index (χ2n) is 5.78. The number of nitrogens with one attached hydrogen (secondary N) is 2. The second kappa shape index (κ2) is 11.9. The first-order valence-electron chi connectivity index (χ1n) is 8.33. The third-order valence-electron chi connectivity index (χ3n) is 3.53. The van der Waals surface area contributed by atoms with Crippen molar-refractivity contribution in [2.45, 2.75) is 19.9 Å². The molecule has 0 aliphatic rings. The van der Waals surface area contributed by atoms with Crippen molar-refractivity contribution < 1.29 is 0 Å². The molecule has 2 N–H and O–H groups in total. The molecule has 0 amide bonds. The summed E-state index contributed by atoms with van der Waals surface area (Å²) in [6.07, 6.45) is 4.47. The number of halogens is 2. The molecule has 0 fully saturated rings. The van der Waals surface area contributed by atoms with Gasteiger partial charge in [-0.15, -0.1) is 24.0 Å². The molecule has 142 valence electrons. The van der Waals surface area contributed by atoms with E-state index in [9.17, 15) is 0 Å². The summed E-state index contributed by atoms with van der Waals surface area (Å²) in [4.78, 5) is 15.0. The Kier molecular flexibility index (Phi) is 10.3. The first-order chi connectivity index (χ1) is 12.1. The number of hydrogen-bond donors (Lipinski definition) is 2. The van der Waals surface area contributed by atoms with Crippen molar-refractivity contribution in [2.75, 3.05) is 32.1 Å². The van der Waals surface area contributed by atoms with Gasteiger partial charge in [0, 0.05) is 39.6 Å². The number of rotatable bonds is 7. The van der Waals surface area contributed by atoms with Crippen LogP contribution < -0.4 is 15.5 Å². The average Bonchev–Trinajstić information content (AvgIpc) is 2.61. The van der Waals surface area contributed by atoms with E-state index in [0.29, 0.717) is 11.7 Å². The van der Waals surface area contributed by atoms with Crippen LogP contribution >= 0.6 is 35.6 Å². The molecular formula is C18H26ClIN6. The summed E-state index contributed by atoms with van der Waals surface area (Å²) < 4.78 is 0. The summed E-state index contributed by atoms with van der Waals surface area (Å²) in [5.74, 6) is 1.73. The van der Waals surface area contributed by atoms with Gasteiger partial charge in [-0.1, -0.05) is 17.7 Å². The molecule has 0 spiro atoms. The van der Waals surface area contributed by atoms with Gasteiger partial charge in [-0.05, 0) is 42.7 Å². The van der Waals surface area contributed by atoms with E-state index in [1.165, 1.54) is 0 Å². The smallest absolute Gasteiger partial charge is 0.191 e. The van der Waals surface area contributed by atoms with Gasteiger partial charge in [0.15, 0.2) is 5.96 Å². The van der Waals surface area contributed by atoms with Crippen LogP contribution in [-0.4, -0.2) is 43.1 Å². The first-order valence-corrected chi connectivity index (χ1v) is 8.71. The van der Waals surface area contributed by atoms with Gasteiger partial charge < -0.3 is 15.5 Å². The topological polar surface area (TPSA) is 65.4 Å². The van der Waals surface area contributed by atoms with Crippen molar-refractivity contribution >= 4 is 47.4 Å². The molecule has 2 rings (SSSR count). The Bertz CT molecular complexity index is 690. The first kappa shape index (κ1) is 22.4. The molecule has 0 bridgehead atoms. The van der Waals surface area contributed by atoms with Crippen molar-refractivity contribution in [3.05, 3.63) is 52.9 Å². The molecule has 2 aromatic rings. The van der Waals surface area contributed by atoms with Gasteiger partial charge in [0.2, 0.25) is 0 Å². The fourth-order valence-electron chi connectivity index (χ4n) is 2.20. The average molecular weight is 489 g/mol. The zero-order chi connectivity index (χ0) is 18.1. The molecule has 0 saturated heterocycles. The van der Waals surface area contributed by atoms with E-state index < -0.39 is 0 Å². The largest absolute Gasteiger partial charge is 0.363 e. The maximum absolute atomic E-state index is 5.80. The molecule has 6 nitrogen and oxygen atoms in total. The van der Waals surface area contributed by atoms with Gasteiger partial charge in [0.25, 0.3) is 0 Å². The highest BCUT2D eigenvalue weighted by molar-refractivity contribution is 14.0. The maximum Gasteiger partial charge on any atom is 0.191 e. The lowest BCUT2D eigenvalue weighted by Crippen LogP contribution is -2.38. The Hall–Kier alpha value is -1.61. The van der Waals surface area contributed by atoms with Crippen molar-refractivity contribution in [3.63, 3.8) is 0 Å². The van der Waals surface area contributed by atoms with Crippen LogP contribution in [0.25, 0.3) is 0 Å². The Morgan fingerprint density at radius 1 is 1.15 bits per heavy atom. The van der Waals surface area contributed by atoms with Gasteiger partial charge in [-0.3, -0.25) is 0 Å². The number of aliphatic imine (C=N–C) groups is 1. The van der Waals surface area contributed by atoms with E-state index in [2.05, 4.69) is 32.5 Å². The van der Waals surface area contributed by atoms with E-state index in [1.54, 1.807) is 6.20 Å². The molecular weight excluding hydrogens is 463 g/mol. The zero-order valence-corrected chi connectivity index (χ0v) is 18.5. The Labute approximate surface area is 177 Å². The van der Waals surface area contributed by atoms with Crippen molar-refractivity contribution in [2.24, 2.45) is 4.99 Å². The van der Waals surface area contributed by atoms with Gasteiger partial charge in [-0.2, -0.15) is 0 Å². The summed E-state index contributed by atoms with van der Waals surface area (Å²) in [5, 5.41) is 7.12. The summed E-state index contributed by atoms with van der Waals surface area (Å²) >= 11 is 5.80.